The van der Waals surface area contributed by atoms with Crippen molar-refractivity contribution in [2.24, 2.45) is 5.92 Å². The van der Waals surface area contributed by atoms with Gasteiger partial charge in [-0.1, -0.05) is 25.3 Å². The molecule has 0 bridgehead atoms. The summed E-state index contributed by atoms with van der Waals surface area (Å²) in [6.07, 6.45) is 2.21. The molecule has 0 radical (unpaired) electrons. The normalized spacial score (nSPS) is 42.4. The number of hydrogen-bond acceptors (Lipinski definition) is 2. The lowest BCUT2D eigenvalue weighted by Crippen LogP contribution is -2.56. The maximum Gasteiger partial charge on any atom is 0.131 e. The van der Waals surface area contributed by atoms with E-state index < -0.39 is 5.60 Å². The molecule has 2 N–H and O–H groups in total. The van der Waals surface area contributed by atoms with Crippen molar-refractivity contribution in [1.29, 1.82) is 0 Å². The van der Waals surface area contributed by atoms with E-state index in [-0.39, 0.29) is 5.92 Å². The number of aliphatic hydroxyl groups is 1. The summed E-state index contributed by atoms with van der Waals surface area (Å²) in [5.74, 6) is 5.82. The first-order chi connectivity index (χ1) is 6.49. The highest BCUT2D eigenvalue weighted by atomic mass is 16.3. The molecule has 0 amide bonds. The van der Waals surface area contributed by atoms with Gasteiger partial charge in [-0.2, -0.15) is 0 Å². The monoisotopic (exact) mass is 193 g/mol. The highest BCUT2D eigenvalue weighted by molar-refractivity contribution is 5.24. The predicted octanol–water partition coefficient (Wildman–Crippen LogP) is 1.31. The molecule has 4 atom stereocenters. The van der Waals surface area contributed by atoms with E-state index in [0.29, 0.717) is 18.5 Å². The van der Waals surface area contributed by atoms with E-state index >= 15 is 0 Å². The first-order valence-electron chi connectivity index (χ1n) is 5.11. The Balaban J connectivity index is 2.88. The minimum atomic E-state index is -0.863. The van der Waals surface area contributed by atoms with Gasteiger partial charge in [-0.3, -0.25) is 0 Å². The van der Waals surface area contributed by atoms with Crippen molar-refractivity contribution in [3.63, 3.8) is 0 Å². The average Bonchev–Trinajstić information content (AvgIpc) is 2.11. The van der Waals surface area contributed by atoms with Crippen LogP contribution in [0, 0.1) is 17.8 Å². The standard InChI is InChI=1S/C12H19NO/c1-5-6-7-12(14)8-9(2)13-11(4)10(12)3/h5,9-11,13-14H,1,8H2,2-4H3/t9-,10-,11-,12-/m0/s1. The summed E-state index contributed by atoms with van der Waals surface area (Å²) in [5.41, 5.74) is -0.863. The van der Waals surface area contributed by atoms with E-state index in [1.807, 2.05) is 6.92 Å². The van der Waals surface area contributed by atoms with Gasteiger partial charge in [0.15, 0.2) is 0 Å². The highest BCUT2D eigenvalue weighted by Gasteiger charge is 2.41. The Morgan fingerprint density at radius 2 is 2.14 bits per heavy atom. The fourth-order valence-corrected chi connectivity index (χ4v) is 2.06. The molecule has 0 spiro atoms. The lowest BCUT2D eigenvalue weighted by atomic mass is 9.76. The van der Waals surface area contributed by atoms with E-state index in [1.165, 1.54) is 6.08 Å². The zero-order chi connectivity index (χ0) is 10.8. The smallest absolute Gasteiger partial charge is 0.131 e. The van der Waals surface area contributed by atoms with Crippen LogP contribution < -0.4 is 5.32 Å². The van der Waals surface area contributed by atoms with Crippen LogP contribution in [0.25, 0.3) is 0 Å². The Morgan fingerprint density at radius 1 is 1.50 bits per heavy atom. The first-order valence-corrected chi connectivity index (χ1v) is 5.11. The van der Waals surface area contributed by atoms with Gasteiger partial charge >= 0.3 is 0 Å². The Morgan fingerprint density at radius 3 is 2.71 bits per heavy atom. The molecule has 1 heterocycles. The van der Waals surface area contributed by atoms with Gasteiger partial charge in [-0.05, 0) is 19.9 Å². The van der Waals surface area contributed by atoms with Crippen LogP contribution in [-0.2, 0) is 0 Å². The molecule has 14 heavy (non-hydrogen) atoms. The topological polar surface area (TPSA) is 32.3 Å². The second-order valence-electron chi connectivity index (χ2n) is 4.25. The first kappa shape index (κ1) is 11.3. The molecule has 1 saturated heterocycles. The summed E-state index contributed by atoms with van der Waals surface area (Å²) in [6.45, 7) is 9.72. The Hall–Kier alpha value is -0.780. The van der Waals surface area contributed by atoms with E-state index in [9.17, 15) is 5.11 Å². The molecule has 1 aliphatic rings. The van der Waals surface area contributed by atoms with Crippen LogP contribution in [0.15, 0.2) is 12.7 Å². The van der Waals surface area contributed by atoms with Crippen LogP contribution in [0.3, 0.4) is 0 Å². The minimum absolute atomic E-state index is 0.145. The van der Waals surface area contributed by atoms with Crippen molar-refractivity contribution in [2.45, 2.75) is 44.9 Å². The summed E-state index contributed by atoms with van der Waals surface area (Å²) in [6, 6.07) is 0.605. The van der Waals surface area contributed by atoms with Crippen molar-refractivity contribution in [2.75, 3.05) is 0 Å². The zero-order valence-electron chi connectivity index (χ0n) is 9.17. The van der Waals surface area contributed by atoms with E-state index in [2.05, 4.69) is 37.6 Å². The van der Waals surface area contributed by atoms with Crippen molar-refractivity contribution in [3.8, 4) is 11.8 Å². The van der Waals surface area contributed by atoms with Crippen LogP contribution in [0.1, 0.15) is 27.2 Å². The molecule has 0 aromatic carbocycles. The highest BCUT2D eigenvalue weighted by Crippen LogP contribution is 2.29. The largest absolute Gasteiger partial charge is 0.377 e. The molecule has 2 nitrogen and oxygen atoms in total. The second kappa shape index (κ2) is 4.16. The molecular weight excluding hydrogens is 174 g/mol. The van der Waals surface area contributed by atoms with Gasteiger partial charge in [0.05, 0.1) is 0 Å². The van der Waals surface area contributed by atoms with Crippen LogP contribution >= 0.6 is 0 Å². The number of hydrogen-bond donors (Lipinski definition) is 2. The summed E-state index contributed by atoms with van der Waals surface area (Å²) >= 11 is 0. The van der Waals surface area contributed by atoms with Crippen molar-refractivity contribution >= 4 is 0 Å². The molecule has 0 unspecified atom stereocenters. The Bertz CT molecular complexity index is 276. The third kappa shape index (κ3) is 2.17. The molecule has 1 rings (SSSR count). The van der Waals surface area contributed by atoms with Gasteiger partial charge in [-0.25, -0.2) is 0 Å². The van der Waals surface area contributed by atoms with E-state index in [0.717, 1.165) is 0 Å². The Labute approximate surface area is 86.4 Å². The average molecular weight is 193 g/mol. The van der Waals surface area contributed by atoms with E-state index in [4.69, 9.17) is 0 Å². The summed E-state index contributed by atoms with van der Waals surface area (Å²) in [4.78, 5) is 0. The minimum Gasteiger partial charge on any atom is -0.377 e. The molecule has 0 aromatic rings. The van der Waals surface area contributed by atoms with Gasteiger partial charge in [-0.15, -0.1) is 0 Å². The van der Waals surface area contributed by atoms with E-state index in [1.54, 1.807) is 0 Å². The van der Waals surface area contributed by atoms with Crippen LogP contribution in [-0.4, -0.2) is 22.8 Å². The van der Waals surface area contributed by atoms with Crippen molar-refractivity contribution < 1.29 is 5.11 Å². The van der Waals surface area contributed by atoms with Gasteiger partial charge in [0.1, 0.15) is 5.60 Å². The molecule has 0 aromatic heterocycles. The van der Waals surface area contributed by atoms with Crippen LogP contribution in [0.2, 0.25) is 0 Å². The molecule has 0 saturated carbocycles. The number of rotatable bonds is 0. The predicted molar refractivity (Wildman–Crippen MR) is 58.8 cm³/mol. The zero-order valence-corrected chi connectivity index (χ0v) is 9.17. The molecule has 1 fully saturated rings. The lowest BCUT2D eigenvalue weighted by Gasteiger charge is -2.42. The van der Waals surface area contributed by atoms with Crippen molar-refractivity contribution in [1.82, 2.24) is 5.32 Å². The van der Waals surface area contributed by atoms with Gasteiger partial charge in [0.2, 0.25) is 0 Å². The molecule has 0 aliphatic carbocycles. The van der Waals surface area contributed by atoms with Gasteiger partial charge in [0, 0.05) is 24.4 Å². The van der Waals surface area contributed by atoms with Crippen molar-refractivity contribution in [3.05, 3.63) is 12.7 Å². The third-order valence-electron chi connectivity index (χ3n) is 3.06. The maximum absolute atomic E-state index is 10.4. The fourth-order valence-electron chi connectivity index (χ4n) is 2.06. The molecular formula is C12H19NO. The lowest BCUT2D eigenvalue weighted by molar-refractivity contribution is -0.0117. The third-order valence-corrected chi connectivity index (χ3v) is 3.06. The van der Waals surface area contributed by atoms with Gasteiger partial charge in [0.25, 0.3) is 0 Å². The molecule has 78 valence electrons. The summed E-state index contributed by atoms with van der Waals surface area (Å²) in [7, 11) is 0. The van der Waals surface area contributed by atoms with Crippen LogP contribution in [0.4, 0.5) is 0 Å². The number of allylic oxidation sites excluding steroid dienone is 1. The summed E-state index contributed by atoms with van der Waals surface area (Å²) < 4.78 is 0. The molecule has 2 heteroatoms. The maximum atomic E-state index is 10.4. The number of piperidine rings is 1. The fraction of sp³-hybridized carbons (Fsp3) is 0.667. The SMILES string of the molecule is C=CC#C[C@]1(O)C[C@H](C)N[C@@H](C)[C@@H]1C. The van der Waals surface area contributed by atoms with Gasteiger partial charge < -0.3 is 10.4 Å². The quantitative estimate of drug-likeness (QED) is 0.569. The molecule has 1 aliphatic heterocycles. The van der Waals surface area contributed by atoms with Crippen LogP contribution in [0.5, 0.6) is 0 Å². The Kier molecular flexibility index (Phi) is 3.36. The second-order valence-corrected chi connectivity index (χ2v) is 4.25. The number of nitrogens with one attached hydrogen (secondary N) is 1. The summed E-state index contributed by atoms with van der Waals surface area (Å²) in [5, 5.41) is 13.8.